The highest BCUT2D eigenvalue weighted by Crippen LogP contribution is 1.92. The minimum Gasteiger partial charge on any atom is -0.326 e. The Hall–Kier alpha value is -1.26. The molecule has 0 atom stereocenters. The molecule has 0 aliphatic heterocycles. The smallest absolute Gasteiger partial charge is 0.326 e. The Bertz CT molecular complexity index is 217. The second-order valence-electron chi connectivity index (χ2n) is 3.85. The van der Waals surface area contributed by atoms with Crippen molar-refractivity contribution in [3.05, 3.63) is 0 Å². The summed E-state index contributed by atoms with van der Waals surface area (Å²) in [5.41, 5.74) is 4.72. The van der Waals surface area contributed by atoms with Crippen molar-refractivity contribution in [2.45, 2.75) is 33.6 Å². The molecular formula is C10H21N3O2. The molecule has 0 saturated heterocycles. The molecule has 0 fully saturated rings. The van der Waals surface area contributed by atoms with Crippen LogP contribution in [0.4, 0.5) is 4.79 Å². The van der Waals surface area contributed by atoms with Gasteiger partial charge in [-0.05, 0) is 6.42 Å². The molecule has 0 rings (SSSR count). The largest absolute Gasteiger partial charge is 0.335 e. The van der Waals surface area contributed by atoms with Crippen LogP contribution in [0.2, 0.25) is 0 Å². The summed E-state index contributed by atoms with van der Waals surface area (Å²) in [6.45, 7) is 6.29. The second-order valence-corrected chi connectivity index (χ2v) is 3.85. The number of carbonyl (C=O) groups excluding carboxylic acids is 2. The SMILES string of the molecule is CCCCN(C)C(=O)NNC(=O)C(C)C. The van der Waals surface area contributed by atoms with E-state index in [9.17, 15) is 9.59 Å². The topological polar surface area (TPSA) is 61.4 Å². The minimum atomic E-state index is -0.280. The molecular weight excluding hydrogens is 194 g/mol. The van der Waals surface area contributed by atoms with Crippen LogP contribution in [-0.4, -0.2) is 30.4 Å². The standard InChI is InChI=1S/C10H21N3O2/c1-5-6-7-13(4)10(15)12-11-9(14)8(2)3/h8H,5-7H2,1-4H3,(H,11,14)(H,12,15). The molecule has 0 aliphatic rings. The van der Waals surface area contributed by atoms with Crippen molar-refractivity contribution in [3.8, 4) is 0 Å². The number of amides is 3. The fraction of sp³-hybridized carbons (Fsp3) is 0.800. The first kappa shape index (κ1) is 13.7. The molecule has 0 bridgehead atoms. The number of carbonyl (C=O) groups is 2. The maximum atomic E-state index is 11.4. The van der Waals surface area contributed by atoms with E-state index in [1.165, 1.54) is 0 Å². The molecule has 88 valence electrons. The monoisotopic (exact) mass is 215 g/mol. The summed E-state index contributed by atoms with van der Waals surface area (Å²) < 4.78 is 0. The van der Waals surface area contributed by atoms with E-state index < -0.39 is 0 Å². The van der Waals surface area contributed by atoms with Crippen molar-refractivity contribution in [2.24, 2.45) is 5.92 Å². The molecule has 0 unspecified atom stereocenters. The lowest BCUT2D eigenvalue weighted by Crippen LogP contribution is -2.48. The number of hydrazine groups is 1. The summed E-state index contributed by atoms with van der Waals surface area (Å²) in [6, 6.07) is -0.280. The molecule has 0 saturated carbocycles. The molecule has 0 radical (unpaired) electrons. The lowest BCUT2D eigenvalue weighted by atomic mass is 10.2. The van der Waals surface area contributed by atoms with Crippen LogP contribution in [0, 0.1) is 5.92 Å². The van der Waals surface area contributed by atoms with Crippen LogP contribution in [0.1, 0.15) is 33.6 Å². The fourth-order valence-electron chi connectivity index (χ4n) is 0.852. The van der Waals surface area contributed by atoms with Crippen molar-refractivity contribution in [1.29, 1.82) is 0 Å². The Morgan fingerprint density at radius 3 is 2.33 bits per heavy atom. The van der Waals surface area contributed by atoms with Crippen LogP contribution in [-0.2, 0) is 4.79 Å². The van der Waals surface area contributed by atoms with Crippen LogP contribution in [0.15, 0.2) is 0 Å². The molecule has 0 heterocycles. The van der Waals surface area contributed by atoms with Gasteiger partial charge in [0, 0.05) is 19.5 Å². The first-order valence-corrected chi connectivity index (χ1v) is 5.30. The maximum Gasteiger partial charge on any atom is 0.335 e. The zero-order valence-electron chi connectivity index (χ0n) is 9.96. The average Bonchev–Trinajstić information content (AvgIpc) is 2.21. The van der Waals surface area contributed by atoms with E-state index in [2.05, 4.69) is 17.8 Å². The van der Waals surface area contributed by atoms with Crippen molar-refractivity contribution >= 4 is 11.9 Å². The molecule has 2 N–H and O–H groups in total. The Kier molecular flexibility index (Phi) is 6.49. The van der Waals surface area contributed by atoms with Gasteiger partial charge in [0.2, 0.25) is 5.91 Å². The summed E-state index contributed by atoms with van der Waals surface area (Å²) in [5.74, 6) is -0.321. The molecule has 3 amide bonds. The van der Waals surface area contributed by atoms with Gasteiger partial charge in [0.25, 0.3) is 0 Å². The van der Waals surface area contributed by atoms with E-state index in [0.717, 1.165) is 12.8 Å². The third kappa shape index (κ3) is 5.93. The van der Waals surface area contributed by atoms with Gasteiger partial charge in [0.1, 0.15) is 0 Å². The summed E-state index contributed by atoms with van der Waals surface area (Å²) in [4.78, 5) is 24.1. The maximum absolute atomic E-state index is 11.4. The van der Waals surface area contributed by atoms with E-state index in [0.29, 0.717) is 6.54 Å². The average molecular weight is 215 g/mol. The van der Waals surface area contributed by atoms with E-state index in [1.54, 1.807) is 25.8 Å². The van der Waals surface area contributed by atoms with E-state index >= 15 is 0 Å². The Morgan fingerprint density at radius 2 is 1.87 bits per heavy atom. The third-order valence-electron chi connectivity index (χ3n) is 2.01. The Labute approximate surface area is 91.2 Å². The van der Waals surface area contributed by atoms with Gasteiger partial charge in [-0.1, -0.05) is 27.2 Å². The Balaban J connectivity index is 3.78. The number of nitrogens with zero attached hydrogens (tertiary/aromatic N) is 1. The van der Waals surface area contributed by atoms with Gasteiger partial charge in [0.05, 0.1) is 0 Å². The minimum absolute atomic E-state index is 0.133. The molecule has 5 heteroatoms. The predicted octanol–water partition coefficient (Wildman–Crippen LogP) is 1.12. The van der Waals surface area contributed by atoms with Crippen LogP contribution < -0.4 is 10.9 Å². The number of urea groups is 1. The third-order valence-corrected chi connectivity index (χ3v) is 2.01. The summed E-state index contributed by atoms with van der Waals surface area (Å²) >= 11 is 0. The van der Waals surface area contributed by atoms with Gasteiger partial charge in [-0.3, -0.25) is 10.2 Å². The van der Waals surface area contributed by atoms with Crippen LogP contribution in [0.25, 0.3) is 0 Å². The van der Waals surface area contributed by atoms with Gasteiger partial charge in [0.15, 0.2) is 0 Å². The number of hydrogen-bond donors (Lipinski definition) is 2. The fourth-order valence-corrected chi connectivity index (χ4v) is 0.852. The van der Waals surface area contributed by atoms with Crippen molar-refractivity contribution in [3.63, 3.8) is 0 Å². The summed E-state index contributed by atoms with van der Waals surface area (Å²) in [6.07, 6.45) is 2.00. The lowest BCUT2D eigenvalue weighted by Gasteiger charge is -2.18. The van der Waals surface area contributed by atoms with E-state index in [4.69, 9.17) is 0 Å². The molecule has 0 aromatic carbocycles. The van der Waals surface area contributed by atoms with Crippen LogP contribution in [0.5, 0.6) is 0 Å². The van der Waals surface area contributed by atoms with E-state index in [-0.39, 0.29) is 17.9 Å². The predicted molar refractivity (Wildman–Crippen MR) is 59.1 cm³/mol. The summed E-state index contributed by atoms with van der Waals surface area (Å²) in [7, 11) is 1.70. The molecule has 0 spiro atoms. The highest BCUT2D eigenvalue weighted by atomic mass is 16.2. The second kappa shape index (κ2) is 7.09. The van der Waals surface area contributed by atoms with Crippen LogP contribution in [0.3, 0.4) is 0 Å². The number of unbranched alkanes of at least 4 members (excludes halogenated alkanes) is 1. The van der Waals surface area contributed by atoms with Gasteiger partial charge >= 0.3 is 6.03 Å². The number of rotatable bonds is 4. The van der Waals surface area contributed by atoms with E-state index in [1.807, 2.05) is 0 Å². The van der Waals surface area contributed by atoms with Crippen molar-refractivity contribution in [2.75, 3.05) is 13.6 Å². The van der Waals surface area contributed by atoms with Gasteiger partial charge < -0.3 is 4.90 Å². The molecule has 15 heavy (non-hydrogen) atoms. The first-order chi connectivity index (χ1) is 6.99. The van der Waals surface area contributed by atoms with Crippen molar-refractivity contribution in [1.82, 2.24) is 15.8 Å². The quantitative estimate of drug-likeness (QED) is 0.690. The Morgan fingerprint density at radius 1 is 1.27 bits per heavy atom. The highest BCUT2D eigenvalue weighted by molar-refractivity contribution is 5.82. The van der Waals surface area contributed by atoms with Crippen molar-refractivity contribution < 1.29 is 9.59 Å². The van der Waals surface area contributed by atoms with Crippen LogP contribution >= 0.6 is 0 Å². The zero-order valence-corrected chi connectivity index (χ0v) is 9.96. The summed E-state index contributed by atoms with van der Waals surface area (Å²) in [5, 5.41) is 0. The normalized spacial score (nSPS) is 9.93. The van der Waals surface area contributed by atoms with Gasteiger partial charge in [-0.25, -0.2) is 10.2 Å². The van der Waals surface area contributed by atoms with Gasteiger partial charge in [-0.15, -0.1) is 0 Å². The number of nitrogens with one attached hydrogen (secondary N) is 2. The first-order valence-electron chi connectivity index (χ1n) is 5.30. The highest BCUT2D eigenvalue weighted by Gasteiger charge is 2.10. The lowest BCUT2D eigenvalue weighted by molar-refractivity contribution is -0.124. The molecule has 0 aromatic rings. The molecule has 5 nitrogen and oxygen atoms in total. The molecule has 0 aromatic heterocycles. The van der Waals surface area contributed by atoms with Gasteiger partial charge in [-0.2, -0.15) is 0 Å². The molecule has 0 aliphatic carbocycles. The number of hydrogen-bond acceptors (Lipinski definition) is 2. The zero-order chi connectivity index (χ0) is 11.8.